The number of para-hydroxylation sites is 1. The molecule has 0 bridgehead atoms. The number of amides is 1. The van der Waals surface area contributed by atoms with E-state index in [4.69, 9.17) is 0 Å². The third-order valence-electron chi connectivity index (χ3n) is 3.47. The lowest BCUT2D eigenvalue weighted by Gasteiger charge is -2.16. The Hall–Kier alpha value is -2.69. The molecular formula is C18H22N4O. The molecule has 0 fully saturated rings. The van der Waals surface area contributed by atoms with Gasteiger partial charge in [-0.3, -0.25) is 4.79 Å². The van der Waals surface area contributed by atoms with Crippen LogP contribution in [0.1, 0.15) is 41.4 Å². The van der Waals surface area contributed by atoms with Gasteiger partial charge in [0.2, 0.25) is 0 Å². The molecule has 1 amide bonds. The number of hydrogen-bond donors (Lipinski definition) is 2. The summed E-state index contributed by atoms with van der Waals surface area (Å²) in [6.07, 6.45) is 4.65. The van der Waals surface area contributed by atoms with Gasteiger partial charge in [-0.2, -0.15) is 0 Å². The smallest absolute Gasteiger partial charge is 0.271 e. The van der Waals surface area contributed by atoms with Crippen LogP contribution >= 0.6 is 0 Å². The summed E-state index contributed by atoms with van der Waals surface area (Å²) in [4.78, 5) is 20.2. The molecule has 5 heteroatoms. The molecule has 0 saturated heterocycles. The summed E-state index contributed by atoms with van der Waals surface area (Å²) in [5.74, 6) is 0.749. The maximum atomic E-state index is 11.8. The highest BCUT2D eigenvalue weighted by Crippen LogP contribution is 2.29. The molecule has 2 N–H and O–H groups in total. The number of carbonyl (C=O) groups is 1. The number of anilines is 2. The normalized spacial score (nSPS) is 10.4. The van der Waals surface area contributed by atoms with Crippen LogP contribution in [0.15, 0.2) is 43.2 Å². The van der Waals surface area contributed by atoms with Crippen molar-refractivity contribution in [3.05, 3.63) is 60.1 Å². The van der Waals surface area contributed by atoms with E-state index in [2.05, 4.69) is 66.2 Å². The van der Waals surface area contributed by atoms with Gasteiger partial charge in [0, 0.05) is 12.2 Å². The lowest BCUT2D eigenvalue weighted by molar-refractivity contribution is 0.0952. The lowest BCUT2D eigenvalue weighted by atomic mass is 9.98. The van der Waals surface area contributed by atoms with Crippen molar-refractivity contribution in [1.29, 1.82) is 0 Å². The molecule has 0 aliphatic rings. The van der Waals surface area contributed by atoms with Crippen LogP contribution in [0.5, 0.6) is 0 Å². The number of rotatable bonds is 6. The van der Waals surface area contributed by atoms with Crippen LogP contribution in [0.3, 0.4) is 0 Å². The molecular weight excluding hydrogens is 288 g/mol. The van der Waals surface area contributed by atoms with Gasteiger partial charge in [-0.25, -0.2) is 9.97 Å². The Kier molecular flexibility index (Phi) is 5.46. The summed E-state index contributed by atoms with van der Waals surface area (Å²) in [5.41, 5.74) is 3.69. The van der Waals surface area contributed by atoms with Gasteiger partial charge in [0.25, 0.3) is 5.91 Å². The van der Waals surface area contributed by atoms with Crippen molar-refractivity contribution in [3.8, 4) is 0 Å². The summed E-state index contributed by atoms with van der Waals surface area (Å²) < 4.78 is 0. The number of hydrogen-bond acceptors (Lipinski definition) is 4. The van der Waals surface area contributed by atoms with Crippen molar-refractivity contribution < 1.29 is 4.79 Å². The zero-order valence-corrected chi connectivity index (χ0v) is 13.8. The van der Waals surface area contributed by atoms with Gasteiger partial charge in [-0.05, 0) is 24.0 Å². The van der Waals surface area contributed by atoms with Gasteiger partial charge in [0.15, 0.2) is 0 Å². The minimum absolute atomic E-state index is 0.261. The second kappa shape index (κ2) is 7.54. The van der Waals surface area contributed by atoms with Crippen molar-refractivity contribution in [1.82, 2.24) is 15.3 Å². The second-order valence-electron chi connectivity index (χ2n) is 5.60. The third kappa shape index (κ3) is 4.16. The molecule has 1 heterocycles. The second-order valence-corrected chi connectivity index (χ2v) is 5.60. The molecule has 5 nitrogen and oxygen atoms in total. The third-order valence-corrected chi connectivity index (χ3v) is 3.47. The van der Waals surface area contributed by atoms with Crippen molar-refractivity contribution in [2.24, 2.45) is 0 Å². The highest BCUT2D eigenvalue weighted by Gasteiger charge is 2.11. The molecule has 0 saturated carbocycles. The topological polar surface area (TPSA) is 66.9 Å². The maximum Gasteiger partial charge on any atom is 0.271 e. The molecule has 0 aliphatic heterocycles. The van der Waals surface area contributed by atoms with E-state index >= 15 is 0 Å². The molecule has 0 unspecified atom stereocenters. The molecule has 2 aromatic rings. The van der Waals surface area contributed by atoms with E-state index in [0.29, 0.717) is 18.3 Å². The average Bonchev–Trinajstić information content (AvgIpc) is 2.55. The van der Waals surface area contributed by atoms with E-state index in [1.807, 2.05) is 0 Å². The molecule has 0 atom stereocenters. The zero-order chi connectivity index (χ0) is 16.8. The van der Waals surface area contributed by atoms with Gasteiger partial charge in [-0.1, -0.05) is 38.1 Å². The van der Waals surface area contributed by atoms with Crippen molar-refractivity contribution in [2.45, 2.75) is 26.7 Å². The van der Waals surface area contributed by atoms with E-state index < -0.39 is 0 Å². The molecule has 0 aliphatic carbocycles. The Balaban J connectivity index is 2.19. The lowest BCUT2D eigenvalue weighted by Crippen LogP contribution is -2.24. The average molecular weight is 310 g/mol. The summed E-state index contributed by atoms with van der Waals surface area (Å²) in [6.45, 7) is 10.3. The van der Waals surface area contributed by atoms with Crippen LogP contribution in [-0.2, 0) is 0 Å². The highest BCUT2D eigenvalue weighted by atomic mass is 16.1. The predicted molar refractivity (Wildman–Crippen MR) is 93.1 cm³/mol. The molecule has 1 aromatic carbocycles. The number of aryl methyl sites for hydroxylation is 1. The first-order valence-corrected chi connectivity index (χ1v) is 7.60. The van der Waals surface area contributed by atoms with Crippen LogP contribution in [0.4, 0.5) is 11.5 Å². The Morgan fingerprint density at radius 2 is 2.09 bits per heavy atom. The molecule has 2 rings (SSSR count). The minimum Gasteiger partial charge on any atom is -0.347 e. The van der Waals surface area contributed by atoms with Crippen molar-refractivity contribution >= 4 is 17.4 Å². The van der Waals surface area contributed by atoms with Crippen LogP contribution in [0, 0.1) is 6.92 Å². The number of benzene rings is 1. The number of nitrogens with zero attached hydrogens (tertiary/aromatic N) is 2. The summed E-state index contributed by atoms with van der Waals surface area (Å²) >= 11 is 0. The van der Waals surface area contributed by atoms with Crippen LogP contribution in [-0.4, -0.2) is 22.4 Å². The quantitative estimate of drug-likeness (QED) is 0.801. The van der Waals surface area contributed by atoms with Gasteiger partial charge in [-0.15, -0.1) is 6.58 Å². The first kappa shape index (κ1) is 16.7. The number of nitrogens with one attached hydrogen (secondary N) is 2. The molecule has 0 radical (unpaired) electrons. The van der Waals surface area contributed by atoms with Crippen LogP contribution < -0.4 is 10.6 Å². The van der Waals surface area contributed by atoms with E-state index in [1.54, 1.807) is 12.3 Å². The zero-order valence-electron chi connectivity index (χ0n) is 13.8. The van der Waals surface area contributed by atoms with E-state index in [9.17, 15) is 4.79 Å². The van der Waals surface area contributed by atoms with E-state index in [0.717, 1.165) is 11.3 Å². The van der Waals surface area contributed by atoms with E-state index in [1.165, 1.54) is 11.8 Å². The Morgan fingerprint density at radius 1 is 1.30 bits per heavy atom. The standard InChI is InChI=1S/C18H22N4O/c1-5-9-19-18(23)15-10-21-16(11-20-15)22-17-13(4)7-6-8-14(17)12(2)3/h5-8,10-12H,1,9H2,2-4H3,(H,19,23)(H,21,22). The Morgan fingerprint density at radius 3 is 2.70 bits per heavy atom. The van der Waals surface area contributed by atoms with Crippen molar-refractivity contribution in [2.75, 3.05) is 11.9 Å². The number of carbonyl (C=O) groups excluding carboxylic acids is 1. The fourth-order valence-corrected chi connectivity index (χ4v) is 2.24. The van der Waals surface area contributed by atoms with Crippen LogP contribution in [0.25, 0.3) is 0 Å². The fourth-order valence-electron chi connectivity index (χ4n) is 2.24. The number of aromatic nitrogens is 2. The maximum absolute atomic E-state index is 11.8. The molecule has 0 spiro atoms. The first-order chi connectivity index (χ1) is 11.0. The van der Waals surface area contributed by atoms with Crippen LogP contribution in [0.2, 0.25) is 0 Å². The molecule has 120 valence electrons. The first-order valence-electron chi connectivity index (χ1n) is 7.60. The monoisotopic (exact) mass is 310 g/mol. The Bertz CT molecular complexity index is 693. The Labute approximate surface area is 136 Å². The van der Waals surface area contributed by atoms with Gasteiger partial charge < -0.3 is 10.6 Å². The fraction of sp³-hybridized carbons (Fsp3) is 0.278. The summed E-state index contributed by atoms with van der Waals surface area (Å²) in [7, 11) is 0. The molecule has 23 heavy (non-hydrogen) atoms. The van der Waals surface area contributed by atoms with E-state index in [-0.39, 0.29) is 11.6 Å². The van der Waals surface area contributed by atoms with Gasteiger partial charge >= 0.3 is 0 Å². The van der Waals surface area contributed by atoms with Gasteiger partial charge in [0.05, 0.1) is 12.4 Å². The largest absolute Gasteiger partial charge is 0.347 e. The minimum atomic E-state index is -0.261. The summed E-state index contributed by atoms with van der Waals surface area (Å²) in [6, 6.07) is 6.21. The predicted octanol–water partition coefficient (Wildman–Crippen LogP) is 3.57. The SMILES string of the molecule is C=CCNC(=O)c1cnc(Nc2c(C)cccc2C(C)C)cn1. The van der Waals surface area contributed by atoms with Gasteiger partial charge in [0.1, 0.15) is 11.5 Å². The highest BCUT2D eigenvalue weighted by molar-refractivity contribution is 5.92. The van der Waals surface area contributed by atoms with Crippen molar-refractivity contribution in [3.63, 3.8) is 0 Å². The summed E-state index contributed by atoms with van der Waals surface area (Å²) in [5, 5.41) is 5.98. The molecule has 1 aromatic heterocycles.